The lowest BCUT2D eigenvalue weighted by Gasteiger charge is -2.40. The number of carbonyl (C=O) groups excluding carboxylic acids is 1. The van der Waals surface area contributed by atoms with E-state index in [4.69, 9.17) is 5.26 Å². The predicted molar refractivity (Wildman–Crippen MR) is 103 cm³/mol. The number of aromatic nitrogens is 3. The Morgan fingerprint density at radius 2 is 2.28 bits per heavy atom. The zero-order chi connectivity index (χ0) is 17.9. The molecule has 3 rings (SSSR count). The summed E-state index contributed by atoms with van der Waals surface area (Å²) >= 11 is 2.31. The second-order valence-electron chi connectivity index (χ2n) is 6.21. The maximum Gasteiger partial charge on any atom is 0.316 e. The molecule has 3 N–H and O–H groups in total. The number of nitrogens with one attached hydrogen (secondary N) is 3. The Hall–Kier alpha value is -2.09. The van der Waals surface area contributed by atoms with Gasteiger partial charge in [-0.3, -0.25) is 0 Å². The lowest BCUT2D eigenvalue weighted by Crippen LogP contribution is -2.52. The van der Waals surface area contributed by atoms with Gasteiger partial charge in [-0.15, -0.1) is 0 Å². The van der Waals surface area contributed by atoms with Crippen molar-refractivity contribution >= 4 is 45.5 Å². The van der Waals surface area contributed by atoms with E-state index in [9.17, 15) is 4.79 Å². The molecule has 0 atom stereocenters. The molecule has 0 unspecified atom stereocenters. The molecule has 2 heterocycles. The molecule has 2 aromatic rings. The van der Waals surface area contributed by atoms with Gasteiger partial charge >= 0.3 is 6.03 Å². The Morgan fingerprint density at radius 1 is 1.52 bits per heavy atom. The summed E-state index contributed by atoms with van der Waals surface area (Å²) in [5.41, 5.74) is 0.840. The number of aromatic amines is 1. The second-order valence-corrected chi connectivity index (χ2v) is 8.28. The number of urea groups is 1. The quantitative estimate of drug-likeness (QED) is 0.285. The fourth-order valence-corrected chi connectivity index (χ4v) is 4.12. The fourth-order valence-electron chi connectivity index (χ4n) is 3.25. The van der Waals surface area contributed by atoms with Gasteiger partial charge in [0.05, 0.1) is 15.0 Å². The molecule has 1 saturated carbocycles. The molecule has 2 aromatic heterocycles. The Balaban J connectivity index is 1.63. The number of H-pyrrole nitrogens is 1. The molecule has 0 aromatic carbocycles. The average molecular weight is 453 g/mol. The summed E-state index contributed by atoms with van der Waals surface area (Å²) < 4.78 is -0.274. The van der Waals surface area contributed by atoms with Gasteiger partial charge in [-0.25, -0.2) is 14.8 Å². The molecule has 2 amide bonds. The molecule has 25 heavy (non-hydrogen) atoms. The van der Waals surface area contributed by atoms with Crippen LogP contribution >= 0.6 is 22.6 Å². The number of hydrogen-bond acceptors (Lipinski definition) is 5. The van der Waals surface area contributed by atoms with E-state index in [1.54, 1.807) is 6.33 Å². The molecule has 8 nitrogen and oxygen atoms in total. The molecule has 0 aliphatic heterocycles. The normalized spacial score (nSPS) is 23.0. The van der Waals surface area contributed by atoms with Crippen LogP contribution in [-0.4, -0.2) is 44.2 Å². The number of hydrogen-bond donors (Lipinski definition) is 3. The third-order valence-corrected chi connectivity index (χ3v) is 5.98. The van der Waals surface area contributed by atoms with E-state index in [0.717, 1.165) is 42.5 Å². The van der Waals surface area contributed by atoms with Crippen molar-refractivity contribution < 1.29 is 4.79 Å². The van der Waals surface area contributed by atoms with Crippen LogP contribution in [0.5, 0.6) is 0 Å². The summed E-state index contributed by atoms with van der Waals surface area (Å²) in [6, 6.07) is 3.98. The molecule has 0 saturated heterocycles. The number of fused-ring (bicyclic) bond motifs is 1. The van der Waals surface area contributed by atoms with Gasteiger partial charge < -0.3 is 20.5 Å². The topological polar surface area (TPSA) is 110 Å². The highest BCUT2D eigenvalue weighted by Gasteiger charge is 2.36. The molecule has 1 fully saturated rings. The summed E-state index contributed by atoms with van der Waals surface area (Å²) in [7, 11) is 2.06. The standard InChI is InChI=1S/C16H20IN7O/c1-24(14-12-4-8-19-13(12)21-10-22-14)11-2-5-16(17,6-3-11)23-15(25)20-9-7-18/h4,8,10-11H,2-3,5-6,9H2,1H3,(H,19,21,22)(H2,20,23,25). The Labute approximate surface area is 159 Å². The number of halogens is 1. The monoisotopic (exact) mass is 453 g/mol. The first-order valence-corrected chi connectivity index (χ1v) is 9.23. The van der Waals surface area contributed by atoms with E-state index in [2.05, 4.69) is 60.1 Å². The zero-order valence-corrected chi connectivity index (χ0v) is 16.1. The molecule has 0 bridgehead atoms. The van der Waals surface area contributed by atoms with E-state index >= 15 is 0 Å². The van der Waals surface area contributed by atoms with Crippen molar-refractivity contribution in [3.8, 4) is 6.07 Å². The number of nitrogens with zero attached hydrogens (tertiary/aromatic N) is 4. The molecular weight excluding hydrogens is 433 g/mol. The highest BCUT2D eigenvalue weighted by molar-refractivity contribution is 14.1. The fraction of sp³-hybridized carbons (Fsp3) is 0.500. The van der Waals surface area contributed by atoms with Gasteiger partial charge in [0.15, 0.2) is 0 Å². The highest BCUT2D eigenvalue weighted by Crippen LogP contribution is 2.37. The summed E-state index contributed by atoms with van der Waals surface area (Å²) in [5, 5.41) is 15.1. The van der Waals surface area contributed by atoms with Crippen LogP contribution < -0.4 is 15.5 Å². The van der Waals surface area contributed by atoms with Crippen molar-refractivity contribution in [2.24, 2.45) is 0 Å². The van der Waals surface area contributed by atoms with Crippen molar-refractivity contribution in [1.29, 1.82) is 5.26 Å². The lowest BCUT2D eigenvalue weighted by molar-refractivity contribution is 0.230. The van der Waals surface area contributed by atoms with Gasteiger partial charge in [-0.1, -0.05) is 22.6 Å². The molecule has 9 heteroatoms. The Morgan fingerprint density at radius 3 is 3.00 bits per heavy atom. The first-order chi connectivity index (χ1) is 12.0. The van der Waals surface area contributed by atoms with Crippen LogP contribution in [0, 0.1) is 11.3 Å². The number of amides is 2. The van der Waals surface area contributed by atoms with Crippen LogP contribution in [0.25, 0.3) is 11.0 Å². The summed E-state index contributed by atoms with van der Waals surface area (Å²) in [5.74, 6) is 0.928. The van der Waals surface area contributed by atoms with Crippen LogP contribution in [-0.2, 0) is 0 Å². The highest BCUT2D eigenvalue weighted by atomic mass is 127. The molecule has 132 valence electrons. The van der Waals surface area contributed by atoms with Gasteiger partial charge in [-0.05, 0) is 31.7 Å². The van der Waals surface area contributed by atoms with Gasteiger partial charge in [0.1, 0.15) is 24.3 Å². The predicted octanol–water partition coefficient (Wildman–Crippen LogP) is 2.29. The minimum absolute atomic E-state index is 0.0181. The SMILES string of the molecule is CN(c1ncnc2[nH]ccc12)C1CCC(I)(NC(=O)NCC#N)CC1. The van der Waals surface area contributed by atoms with Crippen molar-refractivity contribution in [2.45, 2.75) is 35.3 Å². The third-order valence-electron chi connectivity index (χ3n) is 4.63. The Bertz CT molecular complexity index is 791. The lowest BCUT2D eigenvalue weighted by atomic mass is 9.90. The van der Waals surface area contributed by atoms with Crippen molar-refractivity contribution in [3.05, 3.63) is 18.6 Å². The van der Waals surface area contributed by atoms with Crippen molar-refractivity contribution in [2.75, 3.05) is 18.5 Å². The third kappa shape index (κ3) is 3.95. The van der Waals surface area contributed by atoms with Gasteiger partial charge in [0, 0.05) is 19.3 Å². The van der Waals surface area contributed by atoms with E-state index in [1.165, 1.54) is 0 Å². The largest absolute Gasteiger partial charge is 0.356 e. The summed E-state index contributed by atoms with van der Waals surface area (Å²) in [6.45, 7) is 0.0181. The van der Waals surface area contributed by atoms with E-state index in [-0.39, 0.29) is 16.1 Å². The number of carbonyl (C=O) groups is 1. The van der Waals surface area contributed by atoms with Gasteiger partial charge in [0.25, 0.3) is 0 Å². The van der Waals surface area contributed by atoms with Gasteiger partial charge in [-0.2, -0.15) is 5.26 Å². The van der Waals surface area contributed by atoms with Crippen LogP contribution in [0.3, 0.4) is 0 Å². The van der Waals surface area contributed by atoms with E-state index in [1.807, 2.05) is 18.3 Å². The van der Waals surface area contributed by atoms with Crippen LogP contribution in [0.4, 0.5) is 10.6 Å². The number of nitriles is 1. The van der Waals surface area contributed by atoms with E-state index < -0.39 is 0 Å². The first-order valence-electron chi connectivity index (χ1n) is 8.15. The molecule has 1 aliphatic carbocycles. The molecule has 0 spiro atoms. The molecular formula is C16H20IN7O. The summed E-state index contributed by atoms with van der Waals surface area (Å²) in [6.07, 6.45) is 7.09. The molecule has 0 radical (unpaired) electrons. The smallest absolute Gasteiger partial charge is 0.316 e. The molecule has 1 aliphatic rings. The number of anilines is 1. The van der Waals surface area contributed by atoms with Crippen LogP contribution in [0.15, 0.2) is 18.6 Å². The number of alkyl halides is 1. The van der Waals surface area contributed by atoms with Gasteiger partial charge in [0.2, 0.25) is 0 Å². The average Bonchev–Trinajstić information content (AvgIpc) is 3.08. The minimum atomic E-state index is -0.285. The van der Waals surface area contributed by atoms with Crippen molar-refractivity contribution in [3.63, 3.8) is 0 Å². The minimum Gasteiger partial charge on any atom is -0.356 e. The maximum absolute atomic E-state index is 11.8. The maximum atomic E-state index is 11.8. The first kappa shape index (κ1) is 17.7. The second kappa shape index (κ2) is 7.43. The zero-order valence-electron chi connectivity index (χ0n) is 13.9. The van der Waals surface area contributed by atoms with Crippen LogP contribution in [0.1, 0.15) is 25.7 Å². The van der Waals surface area contributed by atoms with E-state index in [0.29, 0.717) is 6.04 Å². The van der Waals surface area contributed by atoms with Crippen LogP contribution in [0.2, 0.25) is 0 Å². The summed E-state index contributed by atoms with van der Waals surface area (Å²) in [4.78, 5) is 25.8. The van der Waals surface area contributed by atoms with Crippen molar-refractivity contribution in [1.82, 2.24) is 25.6 Å². The Kier molecular flexibility index (Phi) is 5.27. The number of rotatable bonds is 4.